The SMILES string of the molecule is Cc1cc(I)ccc1NCc1cccn1C. The van der Waals surface area contributed by atoms with Crippen LogP contribution in [0.1, 0.15) is 11.3 Å². The van der Waals surface area contributed by atoms with Gasteiger partial charge in [0.2, 0.25) is 0 Å². The maximum Gasteiger partial charge on any atom is 0.0553 e. The third kappa shape index (κ3) is 2.58. The lowest BCUT2D eigenvalue weighted by atomic mass is 10.2. The summed E-state index contributed by atoms with van der Waals surface area (Å²) in [6.07, 6.45) is 2.07. The first-order chi connectivity index (χ1) is 7.66. The molecule has 0 amide bonds. The van der Waals surface area contributed by atoms with Gasteiger partial charge in [0.05, 0.1) is 6.54 Å². The lowest BCUT2D eigenvalue weighted by Gasteiger charge is -2.10. The zero-order valence-corrected chi connectivity index (χ0v) is 11.7. The molecule has 0 saturated carbocycles. The van der Waals surface area contributed by atoms with Gasteiger partial charge < -0.3 is 9.88 Å². The van der Waals surface area contributed by atoms with E-state index >= 15 is 0 Å². The minimum Gasteiger partial charge on any atom is -0.379 e. The molecule has 2 rings (SSSR count). The molecule has 0 aliphatic rings. The predicted molar refractivity (Wildman–Crippen MR) is 76.6 cm³/mol. The lowest BCUT2D eigenvalue weighted by molar-refractivity contribution is 0.842. The molecule has 0 atom stereocenters. The Bertz CT molecular complexity index is 488. The van der Waals surface area contributed by atoms with Gasteiger partial charge in [-0.25, -0.2) is 0 Å². The number of hydrogen-bond acceptors (Lipinski definition) is 1. The summed E-state index contributed by atoms with van der Waals surface area (Å²) in [4.78, 5) is 0. The number of anilines is 1. The van der Waals surface area contributed by atoms with E-state index in [9.17, 15) is 0 Å². The molecule has 84 valence electrons. The summed E-state index contributed by atoms with van der Waals surface area (Å²) in [5.74, 6) is 0. The fraction of sp³-hybridized carbons (Fsp3) is 0.231. The fourth-order valence-corrected chi connectivity index (χ4v) is 2.34. The zero-order valence-electron chi connectivity index (χ0n) is 9.50. The van der Waals surface area contributed by atoms with Gasteiger partial charge in [0.15, 0.2) is 0 Å². The first-order valence-electron chi connectivity index (χ1n) is 5.27. The highest BCUT2D eigenvalue weighted by Gasteiger charge is 2.00. The van der Waals surface area contributed by atoms with Crippen LogP contribution in [-0.4, -0.2) is 4.57 Å². The van der Waals surface area contributed by atoms with E-state index in [4.69, 9.17) is 0 Å². The molecule has 0 spiro atoms. The van der Waals surface area contributed by atoms with Gasteiger partial charge in [-0.3, -0.25) is 0 Å². The Morgan fingerprint density at radius 2 is 2.12 bits per heavy atom. The first-order valence-corrected chi connectivity index (χ1v) is 6.35. The maximum atomic E-state index is 3.46. The monoisotopic (exact) mass is 326 g/mol. The summed E-state index contributed by atoms with van der Waals surface area (Å²) in [7, 11) is 2.07. The molecule has 0 aliphatic carbocycles. The van der Waals surface area contributed by atoms with Crippen molar-refractivity contribution >= 4 is 28.3 Å². The van der Waals surface area contributed by atoms with Crippen LogP contribution in [0.25, 0.3) is 0 Å². The second kappa shape index (κ2) is 4.91. The van der Waals surface area contributed by atoms with E-state index in [1.165, 1.54) is 20.5 Å². The van der Waals surface area contributed by atoms with Crippen molar-refractivity contribution < 1.29 is 0 Å². The third-order valence-corrected chi connectivity index (χ3v) is 3.37. The fourth-order valence-electron chi connectivity index (χ4n) is 1.69. The minimum absolute atomic E-state index is 0.866. The Morgan fingerprint density at radius 1 is 1.31 bits per heavy atom. The van der Waals surface area contributed by atoms with E-state index in [1.807, 2.05) is 0 Å². The van der Waals surface area contributed by atoms with Crippen LogP contribution < -0.4 is 5.32 Å². The molecule has 3 heteroatoms. The number of aryl methyl sites for hydroxylation is 2. The van der Waals surface area contributed by atoms with Crippen molar-refractivity contribution in [3.8, 4) is 0 Å². The highest BCUT2D eigenvalue weighted by atomic mass is 127. The molecule has 0 radical (unpaired) electrons. The number of benzene rings is 1. The van der Waals surface area contributed by atoms with Crippen molar-refractivity contribution in [2.24, 2.45) is 7.05 Å². The average Bonchev–Trinajstić information content (AvgIpc) is 2.63. The Kier molecular flexibility index (Phi) is 3.53. The van der Waals surface area contributed by atoms with Crippen molar-refractivity contribution in [3.05, 3.63) is 51.4 Å². The van der Waals surface area contributed by atoms with E-state index < -0.39 is 0 Å². The molecule has 1 heterocycles. The number of rotatable bonds is 3. The summed E-state index contributed by atoms with van der Waals surface area (Å²) in [6.45, 7) is 3.00. The van der Waals surface area contributed by atoms with Gasteiger partial charge >= 0.3 is 0 Å². The minimum atomic E-state index is 0.866. The number of hydrogen-bond donors (Lipinski definition) is 1. The van der Waals surface area contributed by atoms with E-state index in [-0.39, 0.29) is 0 Å². The molecule has 16 heavy (non-hydrogen) atoms. The van der Waals surface area contributed by atoms with Crippen LogP contribution >= 0.6 is 22.6 Å². The lowest BCUT2D eigenvalue weighted by Crippen LogP contribution is -2.05. The maximum absolute atomic E-state index is 3.46. The summed E-state index contributed by atoms with van der Waals surface area (Å²) in [6, 6.07) is 10.7. The molecule has 0 saturated heterocycles. The molecule has 1 N–H and O–H groups in total. The van der Waals surface area contributed by atoms with Crippen LogP contribution in [0.4, 0.5) is 5.69 Å². The Balaban J connectivity index is 2.08. The Labute approximate surface area is 110 Å². The van der Waals surface area contributed by atoms with E-state index in [0.29, 0.717) is 0 Å². The summed E-state index contributed by atoms with van der Waals surface area (Å²) in [5.41, 5.74) is 3.79. The largest absolute Gasteiger partial charge is 0.379 e. The van der Waals surface area contributed by atoms with Gasteiger partial charge in [-0.05, 0) is 65.4 Å². The summed E-state index contributed by atoms with van der Waals surface area (Å²) < 4.78 is 3.41. The smallest absolute Gasteiger partial charge is 0.0553 e. The second-order valence-electron chi connectivity index (χ2n) is 3.92. The average molecular weight is 326 g/mol. The van der Waals surface area contributed by atoms with Gasteiger partial charge in [-0.1, -0.05) is 0 Å². The molecule has 2 aromatic rings. The normalized spacial score (nSPS) is 10.4. The number of nitrogens with one attached hydrogen (secondary N) is 1. The van der Waals surface area contributed by atoms with Gasteiger partial charge in [-0.15, -0.1) is 0 Å². The highest BCUT2D eigenvalue weighted by Crippen LogP contribution is 2.18. The van der Waals surface area contributed by atoms with Crippen LogP contribution in [0.2, 0.25) is 0 Å². The van der Waals surface area contributed by atoms with Crippen LogP contribution in [0, 0.1) is 10.5 Å². The van der Waals surface area contributed by atoms with Gasteiger partial charge in [0.1, 0.15) is 0 Å². The molecular weight excluding hydrogens is 311 g/mol. The van der Waals surface area contributed by atoms with Crippen LogP contribution in [0.15, 0.2) is 36.5 Å². The van der Waals surface area contributed by atoms with Crippen molar-refractivity contribution in [2.75, 3.05) is 5.32 Å². The predicted octanol–water partition coefficient (Wildman–Crippen LogP) is 3.55. The second-order valence-corrected chi connectivity index (χ2v) is 5.17. The third-order valence-electron chi connectivity index (χ3n) is 2.70. The quantitative estimate of drug-likeness (QED) is 0.854. The number of halogens is 1. The molecule has 0 fully saturated rings. The van der Waals surface area contributed by atoms with Crippen molar-refractivity contribution in [1.82, 2.24) is 4.57 Å². The standard InChI is InChI=1S/C13H15IN2/c1-10-8-11(14)5-6-13(10)15-9-12-4-3-7-16(12)2/h3-8,15H,9H2,1-2H3. The molecule has 0 bridgehead atoms. The topological polar surface area (TPSA) is 17.0 Å². The van der Waals surface area contributed by atoms with E-state index in [2.05, 4.69) is 83.0 Å². The van der Waals surface area contributed by atoms with Gasteiger partial charge in [0, 0.05) is 28.2 Å². The number of nitrogens with zero attached hydrogens (tertiary/aromatic N) is 1. The van der Waals surface area contributed by atoms with E-state index in [0.717, 1.165) is 6.54 Å². The van der Waals surface area contributed by atoms with Crippen LogP contribution in [0.3, 0.4) is 0 Å². The molecule has 0 aliphatic heterocycles. The number of aromatic nitrogens is 1. The Morgan fingerprint density at radius 3 is 2.75 bits per heavy atom. The van der Waals surface area contributed by atoms with Crippen LogP contribution in [0.5, 0.6) is 0 Å². The molecular formula is C13H15IN2. The summed E-state index contributed by atoms with van der Waals surface area (Å²) in [5, 5.41) is 3.46. The molecule has 0 unspecified atom stereocenters. The van der Waals surface area contributed by atoms with Crippen molar-refractivity contribution in [3.63, 3.8) is 0 Å². The van der Waals surface area contributed by atoms with Crippen molar-refractivity contribution in [2.45, 2.75) is 13.5 Å². The highest BCUT2D eigenvalue weighted by molar-refractivity contribution is 14.1. The Hall–Kier alpha value is -0.970. The zero-order chi connectivity index (χ0) is 11.5. The first kappa shape index (κ1) is 11.5. The van der Waals surface area contributed by atoms with Crippen LogP contribution in [-0.2, 0) is 13.6 Å². The van der Waals surface area contributed by atoms with E-state index in [1.54, 1.807) is 0 Å². The summed E-state index contributed by atoms with van der Waals surface area (Å²) >= 11 is 2.33. The van der Waals surface area contributed by atoms with Gasteiger partial charge in [-0.2, -0.15) is 0 Å². The molecule has 1 aromatic heterocycles. The van der Waals surface area contributed by atoms with Gasteiger partial charge in [0.25, 0.3) is 0 Å². The molecule has 2 nitrogen and oxygen atoms in total. The van der Waals surface area contributed by atoms with Crippen molar-refractivity contribution in [1.29, 1.82) is 0 Å². The molecule has 1 aromatic carbocycles.